The third-order valence-electron chi connectivity index (χ3n) is 2.34. The lowest BCUT2D eigenvalue weighted by molar-refractivity contribution is 0.425. The van der Waals surface area contributed by atoms with Gasteiger partial charge in [0.25, 0.3) is 5.89 Å². The van der Waals surface area contributed by atoms with Crippen LogP contribution in [0.15, 0.2) is 28.8 Å². The van der Waals surface area contributed by atoms with Crippen molar-refractivity contribution in [1.29, 1.82) is 0 Å². The molecule has 0 radical (unpaired) electrons. The van der Waals surface area contributed by atoms with Crippen LogP contribution < -0.4 is 5.73 Å². The summed E-state index contributed by atoms with van der Waals surface area (Å²) in [5.41, 5.74) is 7.32. The molecule has 0 bridgehead atoms. The fourth-order valence-electron chi connectivity index (χ4n) is 1.50. The fraction of sp³-hybridized carbons (Fsp3) is 0.385. The Balaban J connectivity index is 2.04. The van der Waals surface area contributed by atoms with Crippen LogP contribution in [0.5, 0.6) is 0 Å². The molecule has 18 heavy (non-hydrogen) atoms. The first-order valence-corrected chi connectivity index (χ1v) is 7.07. The number of aromatic nitrogens is 2. The van der Waals surface area contributed by atoms with E-state index in [1.165, 1.54) is 0 Å². The van der Waals surface area contributed by atoms with Gasteiger partial charge in [0.15, 0.2) is 5.82 Å². The van der Waals surface area contributed by atoms with Gasteiger partial charge in [-0.1, -0.05) is 31.1 Å². The van der Waals surface area contributed by atoms with E-state index in [0.29, 0.717) is 17.5 Å². The van der Waals surface area contributed by atoms with Gasteiger partial charge in [0, 0.05) is 5.69 Å². The fourth-order valence-corrected chi connectivity index (χ4v) is 2.39. The molecule has 0 atom stereocenters. The summed E-state index contributed by atoms with van der Waals surface area (Å²) in [6.45, 7) is 4.39. The van der Waals surface area contributed by atoms with Crippen molar-refractivity contribution < 1.29 is 4.52 Å². The molecule has 0 aliphatic rings. The zero-order chi connectivity index (χ0) is 13.0. The minimum Gasteiger partial charge on any atom is -0.398 e. The number of para-hydroxylation sites is 1. The van der Waals surface area contributed by atoms with Crippen LogP contribution >= 0.6 is 11.8 Å². The summed E-state index contributed by atoms with van der Waals surface area (Å²) < 4.78 is 5.23. The number of anilines is 1. The Labute approximate surface area is 111 Å². The quantitative estimate of drug-likeness (QED) is 0.839. The summed E-state index contributed by atoms with van der Waals surface area (Å²) >= 11 is 1.81. The Morgan fingerprint density at radius 2 is 2.11 bits per heavy atom. The zero-order valence-corrected chi connectivity index (χ0v) is 11.4. The molecule has 0 spiro atoms. The van der Waals surface area contributed by atoms with Crippen molar-refractivity contribution in [3.8, 4) is 11.5 Å². The van der Waals surface area contributed by atoms with Crippen LogP contribution in [0.25, 0.3) is 11.5 Å². The molecule has 2 aromatic rings. The van der Waals surface area contributed by atoms with Crippen molar-refractivity contribution >= 4 is 17.4 Å². The predicted molar refractivity (Wildman–Crippen MR) is 75.1 cm³/mol. The molecule has 0 aliphatic carbocycles. The molecule has 2 N–H and O–H groups in total. The molecular formula is C13H17N3OS. The van der Waals surface area contributed by atoms with Crippen molar-refractivity contribution in [2.24, 2.45) is 5.92 Å². The van der Waals surface area contributed by atoms with Crippen molar-refractivity contribution in [2.45, 2.75) is 19.6 Å². The second-order valence-electron chi connectivity index (χ2n) is 4.51. The third kappa shape index (κ3) is 3.26. The van der Waals surface area contributed by atoms with E-state index in [2.05, 4.69) is 24.0 Å². The van der Waals surface area contributed by atoms with Gasteiger partial charge in [-0.3, -0.25) is 0 Å². The van der Waals surface area contributed by atoms with E-state index in [1.54, 1.807) is 0 Å². The molecule has 5 heteroatoms. The molecule has 0 saturated carbocycles. The number of nitrogens with zero attached hydrogens (tertiary/aromatic N) is 2. The molecule has 1 aromatic heterocycles. The Hall–Kier alpha value is -1.49. The van der Waals surface area contributed by atoms with E-state index in [1.807, 2.05) is 36.0 Å². The van der Waals surface area contributed by atoms with Crippen molar-refractivity contribution in [2.75, 3.05) is 11.5 Å². The smallest absolute Gasteiger partial charge is 0.260 e. The molecule has 1 heterocycles. The summed E-state index contributed by atoms with van der Waals surface area (Å²) in [4.78, 5) is 4.36. The normalized spacial score (nSPS) is 11.1. The van der Waals surface area contributed by atoms with Gasteiger partial charge in [0.05, 0.1) is 11.3 Å². The molecule has 96 valence electrons. The van der Waals surface area contributed by atoms with Crippen molar-refractivity contribution in [1.82, 2.24) is 10.1 Å². The lowest BCUT2D eigenvalue weighted by Gasteiger charge is -2.00. The lowest BCUT2D eigenvalue weighted by atomic mass is 10.2. The van der Waals surface area contributed by atoms with Crippen LogP contribution in [-0.2, 0) is 5.75 Å². The number of nitrogen functional groups attached to an aromatic ring is 1. The predicted octanol–water partition coefficient (Wildman–Crippen LogP) is 3.21. The van der Waals surface area contributed by atoms with Gasteiger partial charge in [-0.05, 0) is 23.8 Å². The number of thioether (sulfide) groups is 1. The third-order valence-corrected chi connectivity index (χ3v) is 3.71. The molecule has 2 rings (SSSR count). The van der Waals surface area contributed by atoms with Crippen LogP contribution in [0.1, 0.15) is 19.7 Å². The van der Waals surface area contributed by atoms with E-state index in [0.717, 1.165) is 22.9 Å². The first-order valence-electron chi connectivity index (χ1n) is 5.92. The average molecular weight is 263 g/mol. The molecule has 0 aliphatic heterocycles. The molecule has 0 fully saturated rings. The van der Waals surface area contributed by atoms with E-state index in [-0.39, 0.29) is 0 Å². The summed E-state index contributed by atoms with van der Waals surface area (Å²) in [6.07, 6.45) is 0. The summed E-state index contributed by atoms with van der Waals surface area (Å²) in [5.74, 6) is 3.75. The Morgan fingerprint density at radius 3 is 2.83 bits per heavy atom. The standard InChI is InChI=1S/C13H17N3OS/c1-9(2)7-18-8-12-15-13(17-16-12)10-5-3-4-6-11(10)14/h3-6,9H,7-8,14H2,1-2H3. The maximum atomic E-state index is 5.87. The highest BCUT2D eigenvalue weighted by Crippen LogP contribution is 2.24. The minimum atomic E-state index is 0.494. The van der Waals surface area contributed by atoms with Gasteiger partial charge in [0.2, 0.25) is 0 Å². The zero-order valence-electron chi connectivity index (χ0n) is 10.6. The summed E-state index contributed by atoms with van der Waals surface area (Å²) in [6, 6.07) is 7.50. The van der Waals surface area contributed by atoms with Gasteiger partial charge < -0.3 is 10.3 Å². The van der Waals surface area contributed by atoms with E-state index in [9.17, 15) is 0 Å². The highest BCUT2D eigenvalue weighted by atomic mass is 32.2. The molecule has 0 unspecified atom stereocenters. The highest BCUT2D eigenvalue weighted by Gasteiger charge is 2.11. The molecule has 0 amide bonds. The average Bonchev–Trinajstić information content (AvgIpc) is 2.78. The Kier molecular flexibility index (Phi) is 4.25. The van der Waals surface area contributed by atoms with Gasteiger partial charge >= 0.3 is 0 Å². The van der Waals surface area contributed by atoms with Crippen molar-refractivity contribution in [3.63, 3.8) is 0 Å². The topological polar surface area (TPSA) is 64.9 Å². The van der Waals surface area contributed by atoms with Gasteiger partial charge in [-0.25, -0.2) is 0 Å². The molecule has 1 aromatic carbocycles. The maximum Gasteiger partial charge on any atom is 0.260 e. The van der Waals surface area contributed by atoms with Crippen molar-refractivity contribution in [3.05, 3.63) is 30.1 Å². The Morgan fingerprint density at radius 1 is 1.33 bits per heavy atom. The number of nitrogens with two attached hydrogens (primary N) is 1. The summed E-state index contributed by atoms with van der Waals surface area (Å²) in [7, 11) is 0. The summed E-state index contributed by atoms with van der Waals surface area (Å²) in [5, 5.41) is 3.97. The van der Waals surface area contributed by atoms with Crippen LogP contribution in [0.3, 0.4) is 0 Å². The number of rotatable bonds is 5. The minimum absolute atomic E-state index is 0.494. The molecule has 0 saturated heterocycles. The number of hydrogen-bond donors (Lipinski definition) is 1. The van der Waals surface area contributed by atoms with Gasteiger partial charge in [0.1, 0.15) is 0 Å². The SMILES string of the molecule is CC(C)CSCc1noc(-c2ccccc2N)n1. The largest absolute Gasteiger partial charge is 0.398 e. The first-order chi connectivity index (χ1) is 8.66. The van der Waals surface area contributed by atoms with E-state index >= 15 is 0 Å². The number of benzene rings is 1. The van der Waals surface area contributed by atoms with Crippen LogP contribution in [0.2, 0.25) is 0 Å². The lowest BCUT2D eigenvalue weighted by Crippen LogP contribution is -1.93. The molecule has 4 nitrogen and oxygen atoms in total. The van der Waals surface area contributed by atoms with Gasteiger partial charge in [-0.2, -0.15) is 16.7 Å². The first kappa shape index (κ1) is 13.0. The monoisotopic (exact) mass is 263 g/mol. The van der Waals surface area contributed by atoms with Crippen LogP contribution in [0, 0.1) is 5.92 Å². The van der Waals surface area contributed by atoms with Gasteiger partial charge in [-0.15, -0.1) is 0 Å². The number of hydrogen-bond acceptors (Lipinski definition) is 5. The van der Waals surface area contributed by atoms with Crippen LogP contribution in [-0.4, -0.2) is 15.9 Å². The molecular weight excluding hydrogens is 246 g/mol. The Bertz CT molecular complexity index is 510. The highest BCUT2D eigenvalue weighted by molar-refractivity contribution is 7.98. The van der Waals surface area contributed by atoms with Crippen LogP contribution in [0.4, 0.5) is 5.69 Å². The van der Waals surface area contributed by atoms with E-state index < -0.39 is 0 Å². The van der Waals surface area contributed by atoms with E-state index in [4.69, 9.17) is 10.3 Å². The second-order valence-corrected chi connectivity index (χ2v) is 5.54. The second kappa shape index (κ2) is 5.91. The maximum absolute atomic E-state index is 5.87.